The molecule has 3 atom stereocenters. The van der Waals surface area contributed by atoms with Crippen LogP contribution < -0.4 is 16.0 Å². The highest BCUT2D eigenvalue weighted by atomic mass is 16.5. The van der Waals surface area contributed by atoms with E-state index in [9.17, 15) is 29.8 Å². The summed E-state index contributed by atoms with van der Waals surface area (Å²) < 4.78 is 5.17. The van der Waals surface area contributed by atoms with Crippen LogP contribution in [-0.2, 0) is 19.9 Å². The van der Waals surface area contributed by atoms with Crippen molar-refractivity contribution in [3.8, 4) is 5.75 Å². The molecule has 1 aliphatic heterocycles. The van der Waals surface area contributed by atoms with Crippen LogP contribution in [0.2, 0.25) is 0 Å². The number of carbonyl (C=O) groups is 3. The lowest BCUT2D eigenvalue weighted by molar-refractivity contribution is -0.193. The molecule has 1 saturated heterocycles. The van der Waals surface area contributed by atoms with Gasteiger partial charge in [-0.1, -0.05) is 12.1 Å². The van der Waals surface area contributed by atoms with Gasteiger partial charge >= 0.3 is 11.9 Å². The molecule has 3 rings (SSSR count). The van der Waals surface area contributed by atoms with Gasteiger partial charge in [-0.25, -0.2) is 0 Å². The van der Waals surface area contributed by atoms with Crippen molar-refractivity contribution in [1.29, 1.82) is 0 Å². The number of carboxylic acids is 2. The summed E-state index contributed by atoms with van der Waals surface area (Å²) in [5.41, 5.74) is 2.39. The topological polar surface area (TPSA) is 162 Å². The summed E-state index contributed by atoms with van der Waals surface area (Å²) in [5, 5.41) is 30.6. The van der Waals surface area contributed by atoms with Crippen LogP contribution in [0.25, 0.3) is 0 Å². The highest BCUT2D eigenvalue weighted by Crippen LogP contribution is 2.63. The van der Waals surface area contributed by atoms with Crippen molar-refractivity contribution in [3.05, 3.63) is 29.8 Å². The summed E-state index contributed by atoms with van der Waals surface area (Å²) in [6.45, 7) is 0.372. The minimum Gasteiger partial charge on any atom is -0.497 e. The standard InChI is InChI=1S/C19H25N3O7/c1-22-10-17(6-7-17)9-18(16(26)27,13(22)14(23)24)19(21-28,15(20)25)11-4-3-5-12(8-11)29-2/h3-5,8,13,21,28H,6-7,9-10H2,1-2H3,(H2,20,25)(H,23,24)(H,26,27). The number of aliphatic carboxylic acids is 2. The molecule has 1 heterocycles. The fourth-order valence-electron chi connectivity index (χ4n) is 5.04. The zero-order valence-corrected chi connectivity index (χ0v) is 16.2. The number of carboxylic acid groups (broad SMARTS) is 2. The zero-order valence-electron chi connectivity index (χ0n) is 16.2. The van der Waals surface area contributed by atoms with Gasteiger partial charge in [-0.05, 0) is 49.4 Å². The second-order valence-corrected chi connectivity index (χ2v) is 8.07. The van der Waals surface area contributed by atoms with E-state index in [1.165, 1.54) is 37.3 Å². The van der Waals surface area contributed by atoms with Gasteiger partial charge in [-0.3, -0.25) is 19.3 Å². The maximum Gasteiger partial charge on any atom is 0.322 e. The number of hydroxylamine groups is 1. The maximum absolute atomic E-state index is 12.9. The number of nitrogens with zero attached hydrogens (tertiary/aromatic N) is 1. The number of amides is 1. The van der Waals surface area contributed by atoms with Gasteiger partial charge in [0.2, 0.25) is 5.91 Å². The summed E-state index contributed by atoms with van der Waals surface area (Å²) in [6, 6.07) is 4.24. The van der Waals surface area contributed by atoms with Crippen LogP contribution in [0.3, 0.4) is 0 Å². The van der Waals surface area contributed by atoms with Crippen LogP contribution in [0, 0.1) is 10.8 Å². The number of rotatable bonds is 7. The van der Waals surface area contributed by atoms with E-state index < -0.39 is 40.3 Å². The largest absolute Gasteiger partial charge is 0.497 e. The summed E-state index contributed by atoms with van der Waals surface area (Å²) in [5.74, 6) is -3.87. The Morgan fingerprint density at radius 2 is 1.97 bits per heavy atom. The number of nitrogens with one attached hydrogen (secondary N) is 1. The number of likely N-dealkylation sites (tertiary alicyclic amines) is 1. The van der Waals surface area contributed by atoms with Gasteiger partial charge in [0.25, 0.3) is 0 Å². The molecule has 10 nitrogen and oxygen atoms in total. The van der Waals surface area contributed by atoms with E-state index in [1.54, 1.807) is 6.07 Å². The molecule has 158 valence electrons. The Balaban J connectivity index is 2.38. The number of ether oxygens (including phenoxy) is 1. The quantitative estimate of drug-likeness (QED) is 0.391. The molecule has 2 fully saturated rings. The summed E-state index contributed by atoms with van der Waals surface area (Å²) in [6.07, 6.45) is 1.25. The number of hydrogen-bond donors (Lipinski definition) is 5. The van der Waals surface area contributed by atoms with E-state index >= 15 is 0 Å². The molecule has 0 radical (unpaired) electrons. The molecule has 0 aromatic heterocycles. The number of likely N-dealkylation sites (N-methyl/N-ethyl adjacent to an activating group) is 1. The average molecular weight is 407 g/mol. The van der Waals surface area contributed by atoms with Gasteiger partial charge in [-0.15, -0.1) is 0 Å². The van der Waals surface area contributed by atoms with Crippen molar-refractivity contribution in [3.63, 3.8) is 0 Å². The highest BCUT2D eigenvalue weighted by Gasteiger charge is 2.73. The zero-order chi connectivity index (χ0) is 21.6. The molecule has 3 unspecified atom stereocenters. The minimum absolute atomic E-state index is 0.00611. The predicted molar refractivity (Wildman–Crippen MR) is 99.2 cm³/mol. The maximum atomic E-state index is 12.9. The SMILES string of the molecule is COc1cccc(C(NO)(C(N)=O)C2(C(=O)O)CC3(CC3)CN(C)C2C(=O)O)c1. The number of nitrogens with two attached hydrogens (primary N) is 1. The summed E-state index contributed by atoms with van der Waals surface area (Å²) in [4.78, 5) is 39.3. The van der Waals surface area contributed by atoms with Crippen molar-refractivity contribution in [2.45, 2.75) is 30.8 Å². The molecule has 1 saturated carbocycles. The van der Waals surface area contributed by atoms with Crippen LogP contribution in [0.4, 0.5) is 0 Å². The first-order chi connectivity index (χ1) is 13.6. The molecule has 6 N–H and O–H groups in total. The lowest BCUT2D eigenvalue weighted by Gasteiger charge is -2.54. The molecule has 2 aliphatic rings. The van der Waals surface area contributed by atoms with E-state index in [1.807, 2.05) is 5.48 Å². The van der Waals surface area contributed by atoms with Crippen LogP contribution in [0.1, 0.15) is 24.8 Å². The predicted octanol–water partition coefficient (Wildman–Crippen LogP) is -0.00550. The van der Waals surface area contributed by atoms with Crippen molar-refractivity contribution < 1.29 is 34.5 Å². The molecule has 10 heteroatoms. The Labute approximate surface area is 167 Å². The number of primary amides is 1. The Bertz CT molecular complexity index is 856. The Morgan fingerprint density at radius 1 is 1.31 bits per heavy atom. The van der Waals surface area contributed by atoms with E-state index in [0.29, 0.717) is 25.1 Å². The van der Waals surface area contributed by atoms with E-state index in [-0.39, 0.29) is 12.0 Å². The van der Waals surface area contributed by atoms with Gasteiger partial charge < -0.3 is 25.9 Å². The fraction of sp³-hybridized carbons (Fsp3) is 0.526. The monoisotopic (exact) mass is 407 g/mol. The van der Waals surface area contributed by atoms with Crippen molar-refractivity contribution in [2.75, 3.05) is 20.7 Å². The van der Waals surface area contributed by atoms with E-state index in [4.69, 9.17) is 10.5 Å². The van der Waals surface area contributed by atoms with Gasteiger partial charge in [0.15, 0.2) is 5.54 Å². The molecule has 0 bridgehead atoms. The van der Waals surface area contributed by atoms with Gasteiger partial charge in [0, 0.05) is 6.54 Å². The van der Waals surface area contributed by atoms with Crippen molar-refractivity contribution in [2.24, 2.45) is 16.6 Å². The molecule has 1 aromatic carbocycles. The third-order valence-electron chi connectivity index (χ3n) is 6.43. The number of methoxy groups -OCH3 is 1. The van der Waals surface area contributed by atoms with Crippen LogP contribution in [0.15, 0.2) is 24.3 Å². The van der Waals surface area contributed by atoms with Gasteiger partial charge in [0.05, 0.1) is 7.11 Å². The third kappa shape index (κ3) is 2.86. The minimum atomic E-state index is -2.42. The first kappa shape index (κ1) is 21.0. The third-order valence-corrected chi connectivity index (χ3v) is 6.43. The average Bonchev–Trinajstić information content (AvgIpc) is 3.39. The lowest BCUT2D eigenvalue weighted by atomic mass is 9.55. The number of hydrogen-bond acceptors (Lipinski definition) is 7. The Hall–Kier alpha value is -2.69. The van der Waals surface area contributed by atoms with E-state index in [2.05, 4.69) is 0 Å². The van der Waals surface area contributed by atoms with Crippen molar-refractivity contribution in [1.82, 2.24) is 10.4 Å². The highest BCUT2D eigenvalue weighted by molar-refractivity contribution is 5.98. The number of piperidine rings is 1. The summed E-state index contributed by atoms with van der Waals surface area (Å²) in [7, 11) is 2.89. The Kier molecular flexibility index (Phi) is 5.06. The van der Waals surface area contributed by atoms with Crippen LogP contribution in [-0.4, -0.2) is 64.9 Å². The van der Waals surface area contributed by atoms with Gasteiger partial charge in [-0.2, -0.15) is 5.48 Å². The molecule has 29 heavy (non-hydrogen) atoms. The number of benzene rings is 1. The second-order valence-electron chi connectivity index (χ2n) is 8.07. The Morgan fingerprint density at radius 3 is 2.41 bits per heavy atom. The molecule has 1 amide bonds. The van der Waals surface area contributed by atoms with Crippen LogP contribution >= 0.6 is 0 Å². The fourth-order valence-corrected chi connectivity index (χ4v) is 5.04. The first-order valence-electron chi connectivity index (χ1n) is 9.12. The smallest absolute Gasteiger partial charge is 0.322 e. The van der Waals surface area contributed by atoms with E-state index in [0.717, 1.165) is 0 Å². The van der Waals surface area contributed by atoms with Gasteiger partial charge in [0.1, 0.15) is 17.2 Å². The molecular weight excluding hydrogens is 382 g/mol. The number of carbonyl (C=O) groups excluding carboxylic acids is 1. The molecule has 1 spiro atoms. The van der Waals surface area contributed by atoms with Crippen LogP contribution in [0.5, 0.6) is 5.75 Å². The van der Waals surface area contributed by atoms with Crippen molar-refractivity contribution >= 4 is 17.8 Å². The molecular formula is C19H25N3O7. The lowest BCUT2D eigenvalue weighted by Crippen LogP contribution is -2.75. The summed E-state index contributed by atoms with van der Waals surface area (Å²) >= 11 is 0. The molecule has 1 aliphatic carbocycles. The molecule has 1 aromatic rings. The second kappa shape index (κ2) is 6.97. The normalized spacial score (nSPS) is 27.8. The first-order valence-corrected chi connectivity index (χ1v) is 9.12.